The molecule has 0 aliphatic rings. The SMILES string of the molecule is Nc1c(Cl)cnn1Cc1nccs1. The number of nitrogen functional groups attached to an aromatic ring is 1. The lowest BCUT2D eigenvalue weighted by Crippen LogP contribution is -2.05. The zero-order valence-corrected chi connectivity index (χ0v) is 8.22. The Bertz CT molecular complexity index is 395. The fraction of sp³-hybridized carbons (Fsp3) is 0.143. The Kier molecular flexibility index (Phi) is 2.20. The topological polar surface area (TPSA) is 56.7 Å². The summed E-state index contributed by atoms with van der Waals surface area (Å²) >= 11 is 7.31. The van der Waals surface area contributed by atoms with Crippen molar-refractivity contribution in [1.29, 1.82) is 0 Å². The summed E-state index contributed by atoms with van der Waals surface area (Å²) < 4.78 is 1.63. The van der Waals surface area contributed by atoms with Crippen molar-refractivity contribution < 1.29 is 0 Å². The minimum atomic E-state index is 0.483. The van der Waals surface area contributed by atoms with Gasteiger partial charge in [0.1, 0.15) is 15.8 Å². The minimum Gasteiger partial charge on any atom is -0.383 e. The molecule has 0 amide bonds. The van der Waals surface area contributed by atoms with E-state index in [0.717, 1.165) is 5.01 Å². The fourth-order valence-corrected chi connectivity index (χ4v) is 1.70. The summed E-state index contributed by atoms with van der Waals surface area (Å²) in [5.41, 5.74) is 5.66. The summed E-state index contributed by atoms with van der Waals surface area (Å²) in [6.45, 7) is 0.580. The first-order chi connectivity index (χ1) is 6.27. The van der Waals surface area contributed by atoms with E-state index >= 15 is 0 Å². The number of aromatic nitrogens is 3. The maximum Gasteiger partial charge on any atom is 0.141 e. The number of hydrogen-bond acceptors (Lipinski definition) is 4. The highest BCUT2D eigenvalue weighted by Crippen LogP contribution is 2.18. The molecule has 0 fully saturated rings. The Labute approximate surface area is 84.0 Å². The molecule has 13 heavy (non-hydrogen) atoms. The van der Waals surface area contributed by atoms with E-state index < -0.39 is 0 Å². The van der Waals surface area contributed by atoms with Crippen LogP contribution in [0.4, 0.5) is 5.82 Å². The number of anilines is 1. The van der Waals surface area contributed by atoms with Gasteiger partial charge < -0.3 is 5.73 Å². The van der Waals surface area contributed by atoms with E-state index in [1.54, 1.807) is 22.2 Å². The third kappa shape index (κ3) is 1.66. The third-order valence-electron chi connectivity index (χ3n) is 1.60. The second kappa shape index (κ2) is 3.35. The molecule has 0 saturated heterocycles. The molecule has 0 aliphatic heterocycles. The molecule has 0 aliphatic carbocycles. The molecule has 4 nitrogen and oxygen atoms in total. The first-order valence-electron chi connectivity index (χ1n) is 3.62. The summed E-state index contributed by atoms with van der Waals surface area (Å²) in [7, 11) is 0. The lowest BCUT2D eigenvalue weighted by molar-refractivity contribution is 0.693. The van der Waals surface area contributed by atoms with Crippen molar-refractivity contribution in [3.8, 4) is 0 Å². The van der Waals surface area contributed by atoms with Gasteiger partial charge in [-0.3, -0.25) is 0 Å². The predicted molar refractivity (Wildman–Crippen MR) is 52.9 cm³/mol. The molecule has 0 unspecified atom stereocenters. The fourth-order valence-electron chi connectivity index (χ4n) is 0.957. The highest BCUT2D eigenvalue weighted by atomic mass is 35.5. The van der Waals surface area contributed by atoms with Crippen LogP contribution in [-0.2, 0) is 6.54 Å². The van der Waals surface area contributed by atoms with Crippen LogP contribution < -0.4 is 5.73 Å². The first-order valence-corrected chi connectivity index (χ1v) is 4.88. The van der Waals surface area contributed by atoms with Gasteiger partial charge in [-0.2, -0.15) is 5.10 Å². The molecule has 2 heterocycles. The largest absolute Gasteiger partial charge is 0.383 e. The van der Waals surface area contributed by atoms with Crippen molar-refractivity contribution in [2.45, 2.75) is 6.54 Å². The molecular weight excluding hydrogens is 208 g/mol. The number of hydrogen-bond donors (Lipinski definition) is 1. The van der Waals surface area contributed by atoms with Crippen LogP contribution in [0.15, 0.2) is 17.8 Å². The summed E-state index contributed by atoms with van der Waals surface area (Å²) in [5, 5.41) is 7.38. The van der Waals surface area contributed by atoms with Gasteiger partial charge in [0.25, 0.3) is 0 Å². The normalized spacial score (nSPS) is 10.5. The lowest BCUT2D eigenvalue weighted by Gasteiger charge is -1.99. The highest BCUT2D eigenvalue weighted by molar-refractivity contribution is 7.09. The third-order valence-corrected chi connectivity index (χ3v) is 2.66. The van der Waals surface area contributed by atoms with Gasteiger partial charge in [-0.05, 0) is 0 Å². The van der Waals surface area contributed by atoms with Gasteiger partial charge >= 0.3 is 0 Å². The molecule has 0 bridgehead atoms. The second-order valence-corrected chi connectivity index (χ2v) is 3.85. The average Bonchev–Trinajstić information content (AvgIpc) is 2.71. The van der Waals surface area contributed by atoms with E-state index in [1.807, 2.05) is 5.38 Å². The monoisotopic (exact) mass is 214 g/mol. The van der Waals surface area contributed by atoms with Crippen LogP contribution in [0.2, 0.25) is 5.02 Å². The number of halogens is 1. The van der Waals surface area contributed by atoms with E-state index in [1.165, 1.54) is 6.20 Å². The van der Waals surface area contributed by atoms with Crippen LogP contribution >= 0.6 is 22.9 Å². The Morgan fingerprint density at radius 1 is 1.62 bits per heavy atom. The van der Waals surface area contributed by atoms with Gasteiger partial charge in [0.2, 0.25) is 0 Å². The van der Waals surface area contributed by atoms with Gasteiger partial charge in [-0.15, -0.1) is 11.3 Å². The molecule has 2 aromatic heterocycles. The van der Waals surface area contributed by atoms with Crippen molar-refractivity contribution in [2.75, 3.05) is 5.73 Å². The van der Waals surface area contributed by atoms with Crippen LogP contribution in [0.5, 0.6) is 0 Å². The molecule has 0 spiro atoms. The Morgan fingerprint density at radius 3 is 3.00 bits per heavy atom. The molecule has 2 N–H and O–H groups in total. The van der Waals surface area contributed by atoms with Crippen molar-refractivity contribution in [2.24, 2.45) is 0 Å². The molecule has 0 saturated carbocycles. The maximum atomic E-state index is 5.74. The standard InChI is InChI=1S/C7H7ClN4S/c8-5-3-11-12(7(5)9)4-6-10-1-2-13-6/h1-3H,4,9H2. The summed E-state index contributed by atoms with van der Waals surface area (Å²) in [6, 6.07) is 0. The highest BCUT2D eigenvalue weighted by Gasteiger charge is 2.05. The van der Waals surface area contributed by atoms with Crippen LogP contribution in [0.3, 0.4) is 0 Å². The zero-order chi connectivity index (χ0) is 9.26. The number of thiazole rings is 1. The molecular formula is C7H7ClN4S. The van der Waals surface area contributed by atoms with E-state index in [0.29, 0.717) is 17.4 Å². The van der Waals surface area contributed by atoms with E-state index in [4.69, 9.17) is 17.3 Å². The summed E-state index contributed by atoms with van der Waals surface area (Å²) in [6.07, 6.45) is 3.28. The molecule has 2 rings (SSSR count). The van der Waals surface area contributed by atoms with Crippen molar-refractivity contribution >= 4 is 28.8 Å². The minimum absolute atomic E-state index is 0.483. The van der Waals surface area contributed by atoms with Gasteiger partial charge in [0.15, 0.2) is 0 Å². The van der Waals surface area contributed by atoms with Crippen LogP contribution in [0, 0.1) is 0 Å². The van der Waals surface area contributed by atoms with Crippen molar-refractivity contribution in [3.05, 3.63) is 27.8 Å². The molecule has 0 aromatic carbocycles. The van der Waals surface area contributed by atoms with Crippen LogP contribution in [0.1, 0.15) is 5.01 Å². The molecule has 68 valence electrons. The first kappa shape index (κ1) is 8.52. The molecule has 0 radical (unpaired) electrons. The number of rotatable bonds is 2. The molecule has 0 atom stereocenters. The summed E-state index contributed by atoms with van der Waals surface area (Å²) in [5.74, 6) is 0.483. The van der Waals surface area contributed by atoms with E-state index in [-0.39, 0.29) is 0 Å². The molecule has 6 heteroatoms. The molecule has 2 aromatic rings. The Hall–Kier alpha value is -1.07. The van der Waals surface area contributed by atoms with E-state index in [9.17, 15) is 0 Å². The average molecular weight is 215 g/mol. The van der Waals surface area contributed by atoms with Crippen LogP contribution in [0.25, 0.3) is 0 Å². The predicted octanol–water partition coefficient (Wildman–Crippen LogP) is 1.62. The van der Waals surface area contributed by atoms with Gasteiger partial charge in [-0.25, -0.2) is 9.67 Å². The van der Waals surface area contributed by atoms with Crippen molar-refractivity contribution in [3.63, 3.8) is 0 Å². The quantitative estimate of drug-likeness (QED) is 0.827. The Balaban J connectivity index is 2.24. The van der Waals surface area contributed by atoms with Crippen LogP contribution in [-0.4, -0.2) is 14.8 Å². The second-order valence-electron chi connectivity index (χ2n) is 2.46. The smallest absolute Gasteiger partial charge is 0.141 e. The summed E-state index contributed by atoms with van der Waals surface area (Å²) in [4.78, 5) is 4.12. The van der Waals surface area contributed by atoms with Crippen molar-refractivity contribution in [1.82, 2.24) is 14.8 Å². The Morgan fingerprint density at radius 2 is 2.46 bits per heavy atom. The maximum absolute atomic E-state index is 5.74. The lowest BCUT2D eigenvalue weighted by atomic mass is 10.6. The van der Waals surface area contributed by atoms with Gasteiger partial charge in [0.05, 0.1) is 12.7 Å². The zero-order valence-electron chi connectivity index (χ0n) is 6.64. The van der Waals surface area contributed by atoms with Gasteiger partial charge in [-0.1, -0.05) is 11.6 Å². The number of nitrogens with zero attached hydrogens (tertiary/aromatic N) is 3. The van der Waals surface area contributed by atoms with Gasteiger partial charge in [0, 0.05) is 11.6 Å². The van der Waals surface area contributed by atoms with E-state index in [2.05, 4.69) is 10.1 Å². The number of nitrogens with two attached hydrogens (primary N) is 1.